The molecule has 0 saturated heterocycles. The lowest BCUT2D eigenvalue weighted by molar-refractivity contribution is -0.137. The Bertz CT molecular complexity index is 384. The van der Waals surface area contributed by atoms with Gasteiger partial charge in [-0.3, -0.25) is 4.79 Å². The van der Waals surface area contributed by atoms with Crippen molar-refractivity contribution < 1.29 is 14.3 Å². The first kappa shape index (κ1) is 12.8. The molecule has 1 rings (SSSR count). The molecule has 5 heteroatoms. The zero-order valence-corrected chi connectivity index (χ0v) is 9.59. The Kier molecular flexibility index (Phi) is 4.55. The van der Waals surface area contributed by atoms with E-state index in [4.69, 9.17) is 16.7 Å². The van der Waals surface area contributed by atoms with E-state index >= 15 is 0 Å². The molecule has 0 saturated carbocycles. The van der Waals surface area contributed by atoms with Crippen LogP contribution in [0.15, 0.2) is 18.2 Å². The van der Waals surface area contributed by atoms with E-state index in [-0.39, 0.29) is 17.5 Å². The van der Waals surface area contributed by atoms with Crippen molar-refractivity contribution in [2.45, 2.75) is 25.8 Å². The number of carboxylic acids is 1. The molecular weight excluding hydrogens is 233 g/mol. The molecular formula is C11H13ClFNO2. The van der Waals surface area contributed by atoms with Crippen LogP contribution in [0.25, 0.3) is 0 Å². The van der Waals surface area contributed by atoms with Gasteiger partial charge in [-0.05, 0) is 25.5 Å². The molecule has 1 aromatic carbocycles. The van der Waals surface area contributed by atoms with E-state index in [9.17, 15) is 9.18 Å². The number of carboxylic acid groups (broad SMARTS) is 1. The Labute approximate surface area is 98.2 Å². The van der Waals surface area contributed by atoms with Crippen molar-refractivity contribution in [3.63, 3.8) is 0 Å². The highest BCUT2D eigenvalue weighted by Crippen LogP contribution is 2.23. The van der Waals surface area contributed by atoms with Crippen molar-refractivity contribution in [2.24, 2.45) is 0 Å². The molecule has 0 aliphatic carbocycles. The van der Waals surface area contributed by atoms with Crippen molar-refractivity contribution >= 4 is 23.3 Å². The third kappa shape index (κ3) is 3.70. The fourth-order valence-corrected chi connectivity index (χ4v) is 1.47. The lowest BCUT2D eigenvalue weighted by Crippen LogP contribution is -2.17. The molecule has 16 heavy (non-hydrogen) atoms. The van der Waals surface area contributed by atoms with Gasteiger partial charge in [-0.2, -0.15) is 0 Å². The molecule has 0 aliphatic rings. The molecule has 1 aromatic rings. The maximum Gasteiger partial charge on any atom is 0.303 e. The van der Waals surface area contributed by atoms with Gasteiger partial charge in [-0.25, -0.2) is 4.39 Å². The first-order chi connectivity index (χ1) is 7.50. The third-order valence-electron chi connectivity index (χ3n) is 2.14. The second-order valence-corrected chi connectivity index (χ2v) is 3.99. The minimum atomic E-state index is -0.861. The van der Waals surface area contributed by atoms with Gasteiger partial charge in [0.15, 0.2) is 5.82 Å². The molecule has 2 N–H and O–H groups in total. The van der Waals surface area contributed by atoms with Crippen LogP contribution in [0, 0.1) is 5.82 Å². The van der Waals surface area contributed by atoms with E-state index in [1.807, 2.05) is 0 Å². The fraction of sp³-hybridized carbons (Fsp3) is 0.364. The van der Waals surface area contributed by atoms with Crippen LogP contribution in [0.4, 0.5) is 10.1 Å². The number of hydrogen-bond acceptors (Lipinski definition) is 2. The number of nitrogens with one attached hydrogen (secondary N) is 1. The smallest absolute Gasteiger partial charge is 0.303 e. The highest BCUT2D eigenvalue weighted by molar-refractivity contribution is 6.31. The minimum Gasteiger partial charge on any atom is -0.481 e. The van der Waals surface area contributed by atoms with Crippen molar-refractivity contribution in [1.29, 1.82) is 0 Å². The lowest BCUT2D eigenvalue weighted by Gasteiger charge is -2.15. The van der Waals surface area contributed by atoms with Crippen LogP contribution in [0.1, 0.15) is 19.8 Å². The first-order valence-corrected chi connectivity index (χ1v) is 5.31. The molecule has 0 amide bonds. The Balaban J connectivity index is 2.59. The highest BCUT2D eigenvalue weighted by atomic mass is 35.5. The van der Waals surface area contributed by atoms with Gasteiger partial charge in [-0.1, -0.05) is 17.7 Å². The first-order valence-electron chi connectivity index (χ1n) is 4.93. The maximum absolute atomic E-state index is 13.5. The van der Waals surface area contributed by atoms with Crippen LogP contribution in [0.5, 0.6) is 0 Å². The maximum atomic E-state index is 13.5. The summed E-state index contributed by atoms with van der Waals surface area (Å²) < 4.78 is 13.5. The van der Waals surface area contributed by atoms with Gasteiger partial charge < -0.3 is 10.4 Å². The van der Waals surface area contributed by atoms with Gasteiger partial charge in [0.2, 0.25) is 0 Å². The van der Waals surface area contributed by atoms with Crippen LogP contribution in [0.3, 0.4) is 0 Å². The summed E-state index contributed by atoms with van der Waals surface area (Å²) in [5, 5.41) is 11.4. The van der Waals surface area contributed by atoms with Crippen molar-refractivity contribution in [3.05, 3.63) is 29.0 Å². The van der Waals surface area contributed by atoms with Gasteiger partial charge in [0.25, 0.3) is 0 Å². The van der Waals surface area contributed by atoms with Crippen molar-refractivity contribution in [2.75, 3.05) is 5.32 Å². The second-order valence-electron chi connectivity index (χ2n) is 3.58. The molecule has 1 atom stereocenters. The van der Waals surface area contributed by atoms with E-state index in [2.05, 4.69) is 5.32 Å². The molecule has 1 unspecified atom stereocenters. The molecule has 0 radical (unpaired) electrons. The number of benzene rings is 1. The number of anilines is 1. The average Bonchev–Trinajstić information content (AvgIpc) is 2.22. The molecule has 88 valence electrons. The van der Waals surface area contributed by atoms with Crippen molar-refractivity contribution in [3.8, 4) is 0 Å². The Morgan fingerprint density at radius 3 is 2.94 bits per heavy atom. The summed E-state index contributed by atoms with van der Waals surface area (Å²) in [7, 11) is 0. The third-order valence-corrected chi connectivity index (χ3v) is 2.44. The summed E-state index contributed by atoms with van der Waals surface area (Å²) in [6.45, 7) is 1.79. The number of halogens is 2. The predicted molar refractivity (Wildman–Crippen MR) is 61.4 cm³/mol. The molecule has 0 fully saturated rings. The molecule has 0 aliphatic heterocycles. The summed E-state index contributed by atoms with van der Waals surface area (Å²) in [5.74, 6) is -1.37. The van der Waals surface area contributed by atoms with Gasteiger partial charge >= 0.3 is 5.97 Å². The average molecular weight is 246 g/mol. The van der Waals surface area contributed by atoms with E-state index in [0.717, 1.165) is 0 Å². The van der Waals surface area contributed by atoms with Crippen LogP contribution in [-0.2, 0) is 4.79 Å². The molecule has 0 spiro atoms. The Morgan fingerprint density at radius 1 is 1.62 bits per heavy atom. The topological polar surface area (TPSA) is 49.3 Å². The van der Waals surface area contributed by atoms with Gasteiger partial charge in [0.05, 0.1) is 10.7 Å². The van der Waals surface area contributed by atoms with E-state index in [1.165, 1.54) is 6.07 Å². The summed E-state index contributed by atoms with van der Waals surface area (Å²) in [6, 6.07) is 4.55. The summed E-state index contributed by atoms with van der Waals surface area (Å²) in [5.41, 5.74) is 0.297. The van der Waals surface area contributed by atoms with Crippen LogP contribution in [-0.4, -0.2) is 17.1 Å². The fourth-order valence-electron chi connectivity index (χ4n) is 1.29. The zero-order valence-electron chi connectivity index (χ0n) is 8.84. The van der Waals surface area contributed by atoms with Crippen molar-refractivity contribution in [1.82, 2.24) is 0 Å². The normalized spacial score (nSPS) is 12.2. The standard InChI is InChI=1S/C11H13ClFNO2/c1-7(5-6-10(15)16)14-9-4-2-3-8(12)11(9)13/h2-4,7,14H,5-6H2,1H3,(H,15,16). The number of aliphatic carboxylic acids is 1. The quantitative estimate of drug-likeness (QED) is 0.838. The van der Waals surface area contributed by atoms with Crippen LogP contribution in [0.2, 0.25) is 5.02 Å². The predicted octanol–water partition coefficient (Wildman–Crippen LogP) is 3.14. The molecule has 3 nitrogen and oxygen atoms in total. The minimum absolute atomic E-state index is 0.0513. The van der Waals surface area contributed by atoms with E-state index in [0.29, 0.717) is 12.1 Å². The monoisotopic (exact) mass is 245 g/mol. The van der Waals surface area contributed by atoms with Crippen LogP contribution >= 0.6 is 11.6 Å². The van der Waals surface area contributed by atoms with E-state index < -0.39 is 11.8 Å². The number of carbonyl (C=O) groups is 1. The Morgan fingerprint density at radius 2 is 2.31 bits per heavy atom. The second kappa shape index (κ2) is 5.70. The van der Waals surface area contributed by atoms with Gasteiger partial charge in [-0.15, -0.1) is 0 Å². The number of rotatable bonds is 5. The summed E-state index contributed by atoms with van der Waals surface area (Å²) in [4.78, 5) is 10.4. The SMILES string of the molecule is CC(CCC(=O)O)Nc1cccc(Cl)c1F. The van der Waals surface area contributed by atoms with Crippen LogP contribution < -0.4 is 5.32 Å². The summed E-state index contributed by atoms with van der Waals surface area (Å²) in [6.07, 6.45) is 0.484. The van der Waals surface area contributed by atoms with Gasteiger partial charge in [0, 0.05) is 12.5 Å². The molecule has 0 aromatic heterocycles. The van der Waals surface area contributed by atoms with E-state index in [1.54, 1.807) is 19.1 Å². The summed E-state index contributed by atoms with van der Waals surface area (Å²) >= 11 is 5.62. The lowest BCUT2D eigenvalue weighted by atomic mass is 10.1. The molecule has 0 heterocycles. The molecule has 0 bridgehead atoms. The largest absolute Gasteiger partial charge is 0.481 e. The number of hydrogen-bond donors (Lipinski definition) is 2. The van der Waals surface area contributed by atoms with Gasteiger partial charge in [0.1, 0.15) is 0 Å². The highest BCUT2D eigenvalue weighted by Gasteiger charge is 2.10. The zero-order chi connectivity index (χ0) is 12.1. The Hall–Kier alpha value is -1.29.